The van der Waals surface area contributed by atoms with Crippen LogP contribution in [-0.4, -0.2) is 77.0 Å². The molecule has 1 fully saturated rings. The molecule has 0 unspecified atom stereocenters. The molecular formula is C15H23N3O4S. The van der Waals surface area contributed by atoms with Gasteiger partial charge < -0.3 is 15.0 Å². The van der Waals surface area contributed by atoms with Crippen molar-refractivity contribution in [1.82, 2.24) is 14.5 Å². The molecule has 2 rings (SSSR count). The Kier molecular flexibility index (Phi) is 6.11. The van der Waals surface area contributed by atoms with E-state index in [4.69, 9.17) is 4.74 Å². The van der Waals surface area contributed by atoms with Gasteiger partial charge in [0.15, 0.2) is 0 Å². The Bertz CT molecular complexity index is 623. The Morgan fingerprint density at radius 1 is 1.22 bits per heavy atom. The lowest BCUT2D eigenvalue weighted by atomic mass is 10.2. The first-order valence-corrected chi connectivity index (χ1v) is 8.96. The fourth-order valence-corrected chi connectivity index (χ4v) is 3.62. The first-order chi connectivity index (χ1) is 10.9. The monoisotopic (exact) mass is 341 g/mol. The van der Waals surface area contributed by atoms with Gasteiger partial charge in [0.2, 0.25) is 10.0 Å². The summed E-state index contributed by atoms with van der Waals surface area (Å²) in [6.07, 6.45) is 0. The number of likely N-dealkylation sites (N-methyl/N-ethyl adjacent to an activating group) is 1. The number of nitrogens with zero attached hydrogens (tertiary/aromatic N) is 2. The Morgan fingerprint density at radius 2 is 1.83 bits per heavy atom. The lowest BCUT2D eigenvalue weighted by Crippen LogP contribution is -2.40. The SMILES string of the molecule is CN(C)CCNC(=O)c1ccc(S(=O)(=O)N2CCOCC2)cc1. The van der Waals surface area contributed by atoms with Crippen molar-refractivity contribution in [3.8, 4) is 0 Å². The third-order valence-corrected chi connectivity index (χ3v) is 5.48. The highest BCUT2D eigenvalue weighted by atomic mass is 32.2. The summed E-state index contributed by atoms with van der Waals surface area (Å²) in [5.74, 6) is -0.206. The number of morpholine rings is 1. The van der Waals surface area contributed by atoms with Crippen LogP contribution in [0.5, 0.6) is 0 Å². The molecule has 1 amide bonds. The highest BCUT2D eigenvalue weighted by Crippen LogP contribution is 2.17. The molecule has 128 valence electrons. The van der Waals surface area contributed by atoms with Gasteiger partial charge >= 0.3 is 0 Å². The van der Waals surface area contributed by atoms with Gasteiger partial charge in [0.05, 0.1) is 18.1 Å². The number of ether oxygens (including phenoxy) is 1. The van der Waals surface area contributed by atoms with E-state index in [1.54, 1.807) is 12.1 Å². The molecule has 0 radical (unpaired) electrons. The number of rotatable bonds is 6. The summed E-state index contributed by atoms with van der Waals surface area (Å²) in [7, 11) is 0.338. The third kappa shape index (κ3) is 4.74. The minimum Gasteiger partial charge on any atom is -0.379 e. The van der Waals surface area contributed by atoms with E-state index in [9.17, 15) is 13.2 Å². The number of amides is 1. The molecule has 0 aromatic heterocycles. The first kappa shape index (κ1) is 17.9. The Hall–Kier alpha value is -1.48. The normalized spacial score (nSPS) is 16.5. The number of carbonyl (C=O) groups excluding carboxylic acids is 1. The predicted octanol–water partition coefficient (Wildman–Crippen LogP) is -0.00110. The molecule has 1 heterocycles. The van der Waals surface area contributed by atoms with Gasteiger partial charge in [-0.25, -0.2) is 8.42 Å². The van der Waals surface area contributed by atoms with Crippen molar-refractivity contribution in [1.29, 1.82) is 0 Å². The van der Waals surface area contributed by atoms with Gasteiger partial charge in [0.1, 0.15) is 0 Å². The zero-order valence-corrected chi connectivity index (χ0v) is 14.3. The van der Waals surface area contributed by atoms with Crippen LogP contribution in [0.3, 0.4) is 0 Å². The molecular weight excluding hydrogens is 318 g/mol. The third-order valence-electron chi connectivity index (χ3n) is 3.57. The molecule has 0 bridgehead atoms. The van der Waals surface area contributed by atoms with E-state index >= 15 is 0 Å². The number of carbonyl (C=O) groups is 1. The molecule has 7 nitrogen and oxygen atoms in total. The zero-order chi connectivity index (χ0) is 16.9. The topological polar surface area (TPSA) is 79.0 Å². The Balaban J connectivity index is 2.02. The molecule has 8 heteroatoms. The maximum absolute atomic E-state index is 12.5. The van der Waals surface area contributed by atoms with Crippen LogP contribution in [0.1, 0.15) is 10.4 Å². The number of nitrogens with one attached hydrogen (secondary N) is 1. The second kappa shape index (κ2) is 7.87. The second-order valence-corrected chi connectivity index (χ2v) is 7.54. The molecule has 0 aliphatic carbocycles. The fraction of sp³-hybridized carbons (Fsp3) is 0.533. The van der Waals surface area contributed by atoms with Crippen LogP contribution in [0.2, 0.25) is 0 Å². The van der Waals surface area contributed by atoms with Crippen LogP contribution >= 0.6 is 0 Å². The molecule has 23 heavy (non-hydrogen) atoms. The van der Waals surface area contributed by atoms with E-state index < -0.39 is 10.0 Å². The van der Waals surface area contributed by atoms with E-state index in [0.717, 1.165) is 6.54 Å². The summed E-state index contributed by atoms with van der Waals surface area (Å²) in [5.41, 5.74) is 0.449. The second-order valence-electron chi connectivity index (χ2n) is 5.60. The molecule has 1 aromatic carbocycles. The van der Waals surface area contributed by atoms with Crippen molar-refractivity contribution in [2.45, 2.75) is 4.90 Å². The van der Waals surface area contributed by atoms with Crippen LogP contribution < -0.4 is 5.32 Å². The van der Waals surface area contributed by atoms with E-state index in [-0.39, 0.29) is 10.8 Å². The highest BCUT2D eigenvalue weighted by Gasteiger charge is 2.26. The summed E-state index contributed by atoms with van der Waals surface area (Å²) >= 11 is 0. The first-order valence-electron chi connectivity index (χ1n) is 7.52. The Morgan fingerprint density at radius 3 is 2.39 bits per heavy atom. The van der Waals surface area contributed by atoms with Gasteiger partial charge in [-0.1, -0.05) is 0 Å². The lowest BCUT2D eigenvalue weighted by molar-refractivity contribution is 0.0730. The summed E-state index contributed by atoms with van der Waals surface area (Å²) in [5, 5.41) is 2.79. The lowest BCUT2D eigenvalue weighted by Gasteiger charge is -2.26. The summed E-state index contributed by atoms with van der Waals surface area (Å²) in [6.45, 7) is 2.82. The van der Waals surface area contributed by atoms with Crippen LogP contribution in [0.15, 0.2) is 29.2 Å². The fourth-order valence-electron chi connectivity index (χ4n) is 2.21. The van der Waals surface area contributed by atoms with Gasteiger partial charge in [-0.15, -0.1) is 0 Å². The summed E-state index contributed by atoms with van der Waals surface area (Å²) < 4.78 is 31.5. The summed E-state index contributed by atoms with van der Waals surface area (Å²) in [6, 6.07) is 6.04. The molecule has 1 saturated heterocycles. The number of benzene rings is 1. The van der Waals surface area contributed by atoms with Crippen molar-refractivity contribution < 1.29 is 17.9 Å². The van der Waals surface area contributed by atoms with Crippen molar-refractivity contribution in [2.24, 2.45) is 0 Å². The molecule has 1 aliphatic rings. The highest BCUT2D eigenvalue weighted by molar-refractivity contribution is 7.89. The van der Waals surface area contributed by atoms with E-state index in [1.165, 1.54) is 16.4 Å². The van der Waals surface area contributed by atoms with Gasteiger partial charge in [-0.3, -0.25) is 4.79 Å². The standard InChI is InChI=1S/C15H23N3O4S/c1-17(2)8-7-16-15(19)13-3-5-14(6-4-13)23(20,21)18-9-11-22-12-10-18/h3-6H,7-12H2,1-2H3,(H,16,19). The van der Waals surface area contributed by atoms with Crippen LogP contribution in [0.25, 0.3) is 0 Å². The zero-order valence-electron chi connectivity index (χ0n) is 13.5. The molecule has 1 aliphatic heterocycles. The average molecular weight is 341 g/mol. The van der Waals surface area contributed by atoms with Gasteiger partial charge in [0, 0.05) is 31.7 Å². The van der Waals surface area contributed by atoms with Crippen LogP contribution in [-0.2, 0) is 14.8 Å². The summed E-state index contributed by atoms with van der Waals surface area (Å²) in [4.78, 5) is 14.2. The number of sulfonamides is 1. The quantitative estimate of drug-likeness (QED) is 0.788. The van der Waals surface area contributed by atoms with Gasteiger partial charge in [-0.05, 0) is 38.4 Å². The Labute approximate surface area is 137 Å². The van der Waals surface area contributed by atoms with Crippen molar-refractivity contribution in [3.63, 3.8) is 0 Å². The van der Waals surface area contributed by atoms with Crippen molar-refractivity contribution in [3.05, 3.63) is 29.8 Å². The number of hydrogen-bond donors (Lipinski definition) is 1. The smallest absolute Gasteiger partial charge is 0.251 e. The van der Waals surface area contributed by atoms with E-state index in [2.05, 4.69) is 5.32 Å². The minimum atomic E-state index is -3.52. The maximum atomic E-state index is 12.5. The largest absolute Gasteiger partial charge is 0.379 e. The van der Waals surface area contributed by atoms with Crippen molar-refractivity contribution in [2.75, 3.05) is 53.5 Å². The van der Waals surface area contributed by atoms with Gasteiger partial charge in [-0.2, -0.15) is 4.31 Å². The molecule has 0 spiro atoms. The molecule has 0 atom stereocenters. The van der Waals surface area contributed by atoms with Crippen LogP contribution in [0.4, 0.5) is 0 Å². The van der Waals surface area contributed by atoms with Crippen molar-refractivity contribution >= 4 is 15.9 Å². The average Bonchev–Trinajstić information content (AvgIpc) is 2.55. The number of hydrogen-bond acceptors (Lipinski definition) is 5. The van der Waals surface area contributed by atoms with E-state index in [1.807, 2.05) is 19.0 Å². The minimum absolute atomic E-state index is 0.198. The van der Waals surface area contributed by atoms with Crippen LogP contribution in [0, 0.1) is 0 Å². The molecule has 1 N–H and O–H groups in total. The molecule has 1 aromatic rings. The molecule has 0 saturated carbocycles. The maximum Gasteiger partial charge on any atom is 0.251 e. The van der Waals surface area contributed by atoms with E-state index in [0.29, 0.717) is 38.4 Å². The predicted molar refractivity (Wildman–Crippen MR) is 86.9 cm³/mol. The van der Waals surface area contributed by atoms with Gasteiger partial charge in [0.25, 0.3) is 5.91 Å².